The molecule has 0 radical (unpaired) electrons. The molecule has 0 aliphatic carbocycles. The highest BCUT2D eigenvalue weighted by atomic mass is 16.3. The van der Waals surface area contributed by atoms with Crippen LogP contribution in [0.3, 0.4) is 0 Å². The quantitative estimate of drug-likeness (QED) is 0.708. The van der Waals surface area contributed by atoms with Gasteiger partial charge in [0.15, 0.2) is 0 Å². The van der Waals surface area contributed by atoms with Crippen LogP contribution in [0, 0.1) is 0 Å². The maximum absolute atomic E-state index is 12.3. The lowest BCUT2D eigenvalue weighted by Gasteiger charge is -2.14. The number of nitrogens with one attached hydrogen (secondary N) is 1. The molecule has 6 nitrogen and oxygen atoms in total. The van der Waals surface area contributed by atoms with Gasteiger partial charge in [-0.1, -0.05) is 36.4 Å². The molecule has 0 bridgehead atoms. The highest BCUT2D eigenvalue weighted by Crippen LogP contribution is 2.26. The maximum atomic E-state index is 12.3. The largest absolute Gasteiger partial charge is 0.506 e. The zero-order valence-electron chi connectivity index (χ0n) is 13.3. The Morgan fingerprint density at radius 2 is 2.00 bits per heavy atom. The second-order valence-corrected chi connectivity index (χ2v) is 5.55. The average molecular weight is 322 g/mol. The molecule has 6 heteroatoms. The second-order valence-electron chi connectivity index (χ2n) is 5.55. The summed E-state index contributed by atoms with van der Waals surface area (Å²) in [7, 11) is 0. The third-order valence-corrected chi connectivity index (χ3v) is 3.78. The second kappa shape index (κ2) is 6.95. The number of nitrogens with zero attached hydrogens (tertiary/aromatic N) is 3. The molecule has 0 unspecified atom stereocenters. The molecule has 1 aromatic heterocycles. The molecule has 2 N–H and O–H groups in total. The normalized spacial score (nSPS) is 11.9. The molecular weight excluding hydrogens is 304 g/mol. The van der Waals surface area contributed by atoms with E-state index in [0.717, 1.165) is 17.5 Å². The third kappa shape index (κ3) is 3.60. The summed E-state index contributed by atoms with van der Waals surface area (Å²) in [5.74, 6) is -0.237. The number of benzene rings is 2. The van der Waals surface area contributed by atoms with E-state index in [9.17, 15) is 9.90 Å². The predicted molar refractivity (Wildman–Crippen MR) is 90.7 cm³/mol. The molecule has 3 aromatic rings. The summed E-state index contributed by atoms with van der Waals surface area (Å²) in [6, 6.07) is 14.7. The Bertz CT molecular complexity index is 816. The van der Waals surface area contributed by atoms with Crippen LogP contribution < -0.4 is 5.32 Å². The lowest BCUT2D eigenvalue weighted by Crippen LogP contribution is -2.24. The van der Waals surface area contributed by atoms with Crippen molar-refractivity contribution in [3.05, 3.63) is 72.3 Å². The van der Waals surface area contributed by atoms with Crippen molar-refractivity contribution in [3.8, 4) is 5.75 Å². The Morgan fingerprint density at radius 1 is 1.21 bits per heavy atom. The van der Waals surface area contributed by atoms with Crippen molar-refractivity contribution < 1.29 is 9.90 Å². The van der Waals surface area contributed by atoms with Crippen molar-refractivity contribution in [2.24, 2.45) is 0 Å². The molecular formula is C18H18N4O2. The van der Waals surface area contributed by atoms with E-state index in [1.165, 1.54) is 17.3 Å². The zero-order chi connectivity index (χ0) is 16.9. The van der Waals surface area contributed by atoms with Gasteiger partial charge in [0.25, 0.3) is 0 Å². The summed E-state index contributed by atoms with van der Waals surface area (Å²) in [5.41, 5.74) is 2.56. The van der Waals surface area contributed by atoms with Gasteiger partial charge in [-0.25, -0.2) is 9.67 Å². The SMILES string of the molecule is C[C@@H](C(=O)Nc1cc(Cc2ccccc2)ccc1O)n1cncn1. The lowest BCUT2D eigenvalue weighted by molar-refractivity contribution is -0.119. The molecule has 1 amide bonds. The molecule has 0 saturated heterocycles. The Kier molecular flexibility index (Phi) is 4.56. The van der Waals surface area contributed by atoms with Crippen molar-refractivity contribution in [1.29, 1.82) is 0 Å². The van der Waals surface area contributed by atoms with Gasteiger partial charge < -0.3 is 10.4 Å². The van der Waals surface area contributed by atoms with E-state index in [-0.39, 0.29) is 11.7 Å². The first kappa shape index (κ1) is 15.7. The van der Waals surface area contributed by atoms with E-state index in [1.807, 2.05) is 36.4 Å². The first-order valence-electron chi connectivity index (χ1n) is 7.64. The fourth-order valence-corrected chi connectivity index (χ4v) is 2.40. The van der Waals surface area contributed by atoms with Crippen LogP contribution in [0.15, 0.2) is 61.2 Å². The van der Waals surface area contributed by atoms with Crippen LogP contribution in [0.1, 0.15) is 24.1 Å². The molecule has 0 fully saturated rings. The fourth-order valence-electron chi connectivity index (χ4n) is 2.40. The van der Waals surface area contributed by atoms with Gasteiger partial charge in [0.2, 0.25) is 5.91 Å². The summed E-state index contributed by atoms with van der Waals surface area (Å²) in [5, 5.41) is 16.7. The van der Waals surface area contributed by atoms with Gasteiger partial charge in [-0.3, -0.25) is 4.79 Å². The average Bonchev–Trinajstić information content (AvgIpc) is 3.12. The smallest absolute Gasteiger partial charge is 0.249 e. The standard InChI is InChI=1S/C18H18N4O2/c1-13(22-12-19-11-20-22)18(24)21-16-10-15(7-8-17(16)23)9-14-5-3-2-4-6-14/h2-8,10-13,23H,9H2,1H3,(H,21,24)/t13-/m0/s1. The molecule has 1 heterocycles. The van der Waals surface area contributed by atoms with E-state index in [2.05, 4.69) is 15.4 Å². The number of phenols is 1. The number of phenolic OH excluding ortho intramolecular Hbond substituents is 1. The Hall–Kier alpha value is -3.15. The molecule has 0 aliphatic rings. The molecule has 3 rings (SSSR count). The lowest BCUT2D eigenvalue weighted by atomic mass is 10.0. The van der Waals surface area contributed by atoms with Crippen LogP contribution in [0.4, 0.5) is 5.69 Å². The van der Waals surface area contributed by atoms with E-state index < -0.39 is 6.04 Å². The number of hydrogen-bond donors (Lipinski definition) is 2. The van der Waals surface area contributed by atoms with Crippen molar-refractivity contribution in [3.63, 3.8) is 0 Å². The van der Waals surface area contributed by atoms with Crippen molar-refractivity contribution in [1.82, 2.24) is 14.8 Å². The number of anilines is 1. The molecule has 0 saturated carbocycles. The van der Waals surface area contributed by atoms with E-state index in [4.69, 9.17) is 0 Å². The van der Waals surface area contributed by atoms with Crippen LogP contribution in [-0.4, -0.2) is 25.8 Å². The Balaban J connectivity index is 1.75. The molecule has 0 aliphatic heterocycles. The minimum Gasteiger partial charge on any atom is -0.506 e. The summed E-state index contributed by atoms with van der Waals surface area (Å²) in [6.45, 7) is 1.72. The molecule has 122 valence electrons. The Labute approximate surface area is 139 Å². The number of aromatic nitrogens is 3. The van der Waals surface area contributed by atoms with Crippen LogP contribution in [-0.2, 0) is 11.2 Å². The van der Waals surface area contributed by atoms with Gasteiger partial charge in [-0.05, 0) is 36.6 Å². The number of rotatable bonds is 5. The van der Waals surface area contributed by atoms with Crippen molar-refractivity contribution in [2.45, 2.75) is 19.4 Å². The molecule has 1 atom stereocenters. The van der Waals surface area contributed by atoms with Gasteiger partial charge in [0, 0.05) is 0 Å². The number of amides is 1. The van der Waals surface area contributed by atoms with Crippen LogP contribution >= 0.6 is 0 Å². The topological polar surface area (TPSA) is 80.0 Å². The van der Waals surface area contributed by atoms with Crippen LogP contribution in [0.25, 0.3) is 0 Å². The van der Waals surface area contributed by atoms with Crippen molar-refractivity contribution in [2.75, 3.05) is 5.32 Å². The maximum Gasteiger partial charge on any atom is 0.249 e. The predicted octanol–water partition coefficient (Wildman–Crippen LogP) is 2.77. The fraction of sp³-hybridized carbons (Fsp3) is 0.167. The van der Waals surface area contributed by atoms with Crippen LogP contribution in [0.5, 0.6) is 5.75 Å². The molecule has 24 heavy (non-hydrogen) atoms. The highest BCUT2D eigenvalue weighted by Gasteiger charge is 2.17. The first-order valence-corrected chi connectivity index (χ1v) is 7.64. The van der Waals surface area contributed by atoms with Gasteiger partial charge in [-0.2, -0.15) is 5.10 Å². The van der Waals surface area contributed by atoms with E-state index in [0.29, 0.717) is 5.69 Å². The summed E-state index contributed by atoms with van der Waals surface area (Å²) in [6.07, 6.45) is 3.58. The van der Waals surface area contributed by atoms with Gasteiger partial charge >= 0.3 is 0 Å². The van der Waals surface area contributed by atoms with Gasteiger partial charge in [0.1, 0.15) is 24.4 Å². The Morgan fingerprint density at radius 3 is 2.71 bits per heavy atom. The zero-order valence-corrected chi connectivity index (χ0v) is 13.3. The minimum absolute atomic E-state index is 0.0333. The first-order chi connectivity index (χ1) is 11.6. The van der Waals surface area contributed by atoms with Gasteiger partial charge in [-0.15, -0.1) is 0 Å². The molecule has 0 spiro atoms. The number of aromatic hydroxyl groups is 1. The van der Waals surface area contributed by atoms with E-state index >= 15 is 0 Å². The monoisotopic (exact) mass is 322 g/mol. The van der Waals surface area contributed by atoms with E-state index in [1.54, 1.807) is 19.1 Å². The third-order valence-electron chi connectivity index (χ3n) is 3.78. The van der Waals surface area contributed by atoms with Gasteiger partial charge in [0.05, 0.1) is 5.69 Å². The summed E-state index contributed by atoms with van der Waals surface area (Å²) >= 11 is 0. The van der Waals surface area contributed by atoms with Crippen molar-refractivity contribution >= 4 is 11.6 Å². The number of carbonyl (C=O) groups excluding carboxylic acids is 1. The number of hydrogen-bond acceptors (Lipinski definition) is 4. The molecule has 2 aromatic carbocycles. The minimum atomic E-state index is -0.523. The highest BCUT2D eigenvalue weighted by molar-refractivity contribution is 5.94. The summed E-state index contributed by atoms with van der Waals surface area (Å²) in [4.78, 5) is 16.2. The van der Waals surface area contributed by atoms with Crippen LogP contribution in [0.2, 0.25) is 0 Å². The number of carbonyl (C=O) groups is 1. The summed E-state index contributed by atoms with van der Waals surface area (Å²) < 4.78 is 1.46.